The maximum Gasteiger partial charge on any atom is 0.122 e. The van der Waals surface area contributed by atoms with Crippen molar-refractivity contribution in [2.75, 3.05) is 13.1 Å². The standard InChI is InChI=1S/C9H19N/c1-9(2,3)8-4-6-10-7-5-8/h8,10H,4-7H2,1-3H3/i/hD. The van der Waals surface area contributed by atoms with Crippen LogP contribution in [0.25, 0.3) is 0 Å². The van der Waals surface area contributed by atoms with Gasteiger partial charge < -0.3 is 5.31 Å². The Kier molecular flexibility index (Phi) is 1.94. The van der Waals surface area contributed by atoms with Crippen LogP contribution in [0.15, 0.2) is 0 Å². The average Bonchev–Trinajstić information content (AvgIpc) is 1.86. The van der Waals surface area contributed by atoms with Crippen LogP contribution in [0.2, 0.25) is 1.41 Å². The van der Waals surface area contributed by atoms with E-state index in [0.29, 0.717) is 5.41 Å². The van der Waals surface area contributed by atoms with Gasteiger partial charge in [0.05, 0.1) is 0 Å². The van der Waals surface area contributed by atoms with E-state index >= 15 is 0 Å². The highest BCUT2D eigenvalue weighted by atomic mass is 14.9. The summed E-state index contributed by atoms with van der Waals surface area (Å²) in [5.74, 6) is 0.823. The van der Waals surface area contributed by atoms with Gasteiger partial charge in [0.2, 0.25) is 0 Å². The minimum absolute atomic E-state index is 0.446. The number of nitrogens with one attached hydrogen (secondary N) is 1. The normalized spacial score (nSPS) is 26.5. The van der Waals surface area contributed by atoms with Crippen LogP contribution in [0.1, 0.15) is 33.6 Å². The summed E-state index contributed by atoms with van der Waals surface area (Å²) < 4.78 is 7.40. The van der Waals surface area contributed by atoms with Crippen molar-refractivity contribution < 1.29 is 1.41 Å². The third-order valence-electron chi connectivity index (χ3n) is 2.50. The molecule has 1 fully saturated rings. The Balaban J connectivity index is 2.39. The van der Waals surface area contributed by atoms with E-state index in [1.807, 2.05) is 0 Å². The van der Waals surface area contributed by atoms with Gasteiger partial charge in [0.1, 0.15) is 1.41 Å². The zero-order valence-corrected chi connectivity index (χ0v) is 7.35. The first-order valence-electron chi connectivity index (χ1n) is 4.68. The monoisotopic (exact) mass is 142 g/mol. The molecule has 1 aliphatic heterocycles. The van der Waals surface area contributed by atoms with E-state index in [-0.39, 0.29) is 0 Å². The molecule has 0 aliphatic carbocycles. The number of piperidine rings is 1. The second-order valence-corrected chi connectivity index (χ2v) is 4.31. The van der Waals surface area contributed by atoms with Gasteiger partial charge in [-0.25, -0.2) is 0 Å². The first-order valence-corrected chi connectivity index (χ1v) is 4.24. The highest BCUT2D eigenvalue weighted by Crippen LogP contribution is 2.32. The first kappa shape index (κ1) is 6.66. The van der Waals surface area contributed by atoms with Crippen LogP contribution in [0.5, 0.6) is 0 Å². The molecule has 0 atom stereocenters. The summed E-state index contributed by atoms with van der Waals surface area (Å²) in [6, 6.07) is 0. The molecule has 1 N–H and O–H groups in total. The third-order valence-corrected chi connectivity index (χ3v) is 2.50. The third kappa shape index (κ3) is 1.98. The molecule has 0 spiro atoms. The largest absolute Gasteiger partial charge is 0.317 e. The van der Waals surface area contributed by atoms with Gasteiger partial charge in [0.15, 0.2) is 0 Å². The summed E-state index contributed by atoms with van der Waals surface area (Å²) in [5.41, 5.74) is 0.446. The van der Waals surface area contributed by atoms with Crippen molar-refractivity contribution in [3.63, 3.8) is 0 Å². The lowest BCUT2D eigenvalue weighted by molar-refractivity contribution is 0.188. The quantitative estimate of drug-likeness (QED) is 0.545. The van der Waals surface area contributed by atoms with E-state index < -0.39 is 0 Å². The van der Waals surface area contributed by atoms with Gasteiger partial charge in [-0.2, -0.15) is 0 Å². The second-order valence-electron chi connectivity index (χ2n) is 4.31. The van der Waals surface area contributed by atoms with Crippen LogP contribution >= 0.6 is 0 Å². The van der Waals surface area contributed by atoms with Gasteiger partial charge in [-0.15, -0.1) is 0 Å². The molecule has 0 amide bonds. The van der Waals surface area contributed by atoms with Crippen molar-refractivity contribution in [1.82, 2.24) is 5.31 Å². The van der Waals surface area contributed by atoms with Crippen molar-refractivity contribution in [3.05, 3.63) is 0 Å². The number of hydrogen-bond acceptors (Lipinski definition) is 1. The SMILES string of the molecule is [2H]N1CCC(C(C)(C)C)CC1. The molecule has 1 saturated heterocycles. The first-order chi connectivity index (χ1) is 5.00. The van der Waals surface area contributed by atoms with Gasteiger partial charge in [-0.1, -0.05) is 20.8 Å². The Labute approximate surface area is 65.7 Å². The topological polar surface area (TPSA) is 12.0 Å². The molecule has 60 valence electrons. The molecule has 0 unspecified atom stereocenters. The Morgan fingerprint density at radius 1 is 1.30 bits per heavy atom. The van der Waals surface area contributed by atoms with Gasteiger partial charge in [0.25, 0.3) is 0 Å². The molecule has 1 rings (SSSR count). The lowest BCUT2D eigenvalue weighted by atomic mass is 9.76. The van der Waals surface area contributed by atoms with Crippen LogP contribution in [-0.2, 0) is 0 Å². The molecule has 1 nitrogen and oxygen atoms in total. The Morgan fingerprint density at radius 3 is 2.20 bits per heavy atom. The zero-order valence-electron chi connectivity index (χ0n) is 8.35. The molecule has 10 heavy (non-hydrogen) atoms. The molecule has 1 heterocycles. The van der Waals surface area contributed by atoms with E-state index in [4.69, 9.17) is 1.41 Å². The molecule has 0 aromatic carbocycles. The summed E-state index contributed by atoms with van der Waals surface area (Å²) in [5, 5.41) is 1.68. The predicted octanol–water partition coefficient (Wildman–Crippen LogP) is 2.03. The van der Waals surface area contributed by atoms with Crippen molar-refractivity contribution in [1.29, 1.82) is 0 Å². The average molecular weight is 142 g/mol. The van der Waals surface area contributed by atoms with Crippen LogP contribution < -0.4 is 5.31 Å². The zero-order chi connectivity index (χ0) is 8.48. The molecule has 1 aliphatic rings. The Bertz CT molecular complexity index is 120. The van der Waals surface area contributed by atoms with Crippen LogP contribution in [0.4, 0.5) is 0 Å². The van der Waals surface area contributed by atoms with E-state index in [9.17, 15) is 0 Å². The summed E-state index contributed by atoms with van der Waals surface area (Å²) >= 11 is 0. The second kappa shape index (κ2) is 2.91. The molecular weight excluding hydrogens is 122 g/mol. The van der Waals surface area contributed by atoms with Crippen molar-refractivity contribution in [2.45, 2.75) is 33.6 Å². The summed E-state index contributed by atoms with van der Waals surface area (Å²) in [6.07, 6.45) is 2.40. The fourth-order valence-electron chi connectivity index (χ4n) is 1.62. The minimum atomic E-state index is 0.446. The van der Waals surface area contributed by atoms with Crippen LogP contribution in [0.3, 0.4) is 0 Å². The summed E-state index contributed by atoms with van der Waals surface area (Å²) in [7, 11) is 0. The highest BCUT2D eigenvalue weighted by molar-refractivity contribution is 4.78. The fraction of sp³-hybridized carbons (Fsp3) is 1.00. The van der Waals surface area contributed by atoms with E-state index in [2.05, 4.69) is 20.8 Å². The Morgan fingerprint density at radius 2 is 1.80 bits per heavy atom. The highest BCUT2D eigenvalue weighted by Gasteiger charge is 2.25. The molecule has 0 saturated carbocycles. The lowest BCUT2D eigenvalue weighted by Crippen LogP contribution is -2.34. The Hall–Kier alpha value is -0.0400. The minimum Gasteiger partial charge on any atom is -0.317 e. The molecular formula is C9H19N. The number of hydrogen-bond donors (Lipinski definition) is 1. The smallest absolute Gasteiger partial charge is 0.122 e. The van der Waals surface area contributed by atoms with Crippen molar-refractivity contribution in [3.8, 4) is 0 Å². The van der Waals surface area contributed by atoms with Crippen molar-refractivity contribution in [2.24, 2.45) is 11.3 Å². The molecule has 0 aromatic rings. The van der Waals surface area contributed by atoms with Crippen LogP contribution in [0, 0.1) is 11.3 Å². The van der Waals surface area contributed by atoms with Gasteiger partial charge in [-0.3, -0.25) is 0 Å². The summed E-state index contributed by atoms with van der Waals surface area (Å²) in [4.78, 5) is 0. The molecule has 0 bridgehead atoms. The van der Waals surface area contributed by atoms with Gasteiger partial charge >= 0.3 is 0 Å². The predicted molar refractivity (Wildman–Crippen MR) is 45.0 cm³/mol. The van der Waals surface area contributed by atoms with Crippen molar-refractivity contribution >= 4 is 0 Å². The maximum absolute atomic E-state index is 7.40. The van der Waals surface area contributed by atoms with E-state index in [0.717, 1.165) is 19.0 Å². The summed E-state index contributed by atoms with van der Waals surface area (Å²) in [6.45, 7) is 8.83. The maximum atomic E-state index is 7.40. The lowest BCUT2D eigenvalue weighted by Gasteiger charge is -2.34. The number of rotatable bonds is 0. The molecule has 1 heteroatoms. The fourth-order valence-corrected chi connectivity index (χ4v) is 1.62. The molecule has 0 radical (unpaired) electrons. The van der Waals surface area contributed by atoms with E-state index in [1.54, 1.807) is 5.31 Å². The van der Waals surface area contributed by atoms with Gasteiger partial charge in [-0.05, 0) is 37.3 Å². The van der Waals surface area contributed by atoms with E-state index in [1.165, 1.54) is 12.8 Å². The van der Waals surface area contributed by atoms with Crippen LogP contribution in [-0.4, -0.2) is 13.1 Å². The molecule has 0 aromatic heterocycles. The van der Waals surface area contributed by atoms with Gasteiger partial charge in [0, 0.05) is 0 Å².